The van der Waals surface area contributed by atoms with Gasteiger partial charge in [-0.1, -0.05) is 37.6 Å². The fourth-order valence-corrected chi connectivity index (χ4v) is 4.60. The van der Waals surface area contributed by atoms with Gasteiger partial charge < -0.3 is 14.3 Å². The third kappa shape index (κ3) is 5.39. The third-order valence-electron chi connectivity index (χ3n) is 4.36. The summed E-state index contributed by atoms with van der Waals surface area (Å²) in [5.41, 5.74) is 1.19. The molecule has 0 aliphatic heterocycles. The third-order valence-corrected chi connectivity index (χ3v) is 6.26. The molecule has 1 heterocycles. The molecular formula is C22H22ClNO6S. The van der Waals surface area contributed by atoms with Crippen LogP contribution in [0.4, 0.5) is 5.69 Å². The molecule has 1 N–H and O–H groups in total. The molecule has 0 spiro atoms. The van der Waals surface area contributed by atoms with Crippen molar-refractivity contribution in [2.45, 2.75) is 25.5 Å². The van der Waals surface area contributed by atoms with Gasteiger partial charge in [-0.05, 0) is 53.9 Å². The molecule has 0 unspecified atom stereocenters. The van der Waals surface area contributed by atoms with Crippen LogP contribution in [0.15, 0.2) is 70.4 Å². The van der Waals surface area contributed by atoms with E-state index in [1.807, 2.05) is 13.8 Å². The predicted octanol–water partition coefficient (Wildman–Crippen LogP) is 5.06. The monoisotopic (exact) mass is 463 g/mol. The van der Waals surface area contributed by atoms with E-state index < -0.39 is 16.0 Å². The van der Waals surface area contributed by atoms with Crippen LogP contribution in [0.2, 0.25) is 5.02 Å². The van der Waals surface area contributed by atoms with E-state index in [0.29, 0.717) is 16.5 Å². The number of carboxylic acids is 1. The average molecular weight is 464 g/mol. The Kier molecular flexibility index (Phi) is 6.92. The second-order valence-corrected chi connectivity index (χ2v) is 9.49. The van der Waals surface area contributed by atoms with E-state index >= 15 is 0 Å². The Morgan fingerprint density at radius 3 is 2.45 bits per heavy atom. The summed E-state index contributed by atoms with van der Waals surface area (Å²) < 4.78 is 38.8. The fraction of sp³-hybridized carbons (Fsp3) is 0.227. The number of hydrogen-bond donors (Lipinski definition) is 1. The first-order valence-electron chi connectivity index (χ1n) is 9.49. The summed E-state index contributed by atoms with van der Waals surface area (Å²) in [4.78, 5) is 11.0. The highest BCUT2D eigenvalue weighted by molar-refractivity contribution is 7.92. The van der Waals surface area contributed by atoms with Gasteiger partial charge in [0.25, 0.3) is 10.0 Å². The minimum absolute atomic E-state index is 0.0140. The highest BCUT2D eigenvalue weighted by Gasteiger charge is 2.30. The number of ether oxygens (including phenoxy) is 1. The first-order chi connectivity index (χ1) is 14.7. The number of benzene rings is 2. The molecule has 1 aromatic heterocycles. The van der Waals surface area contributed by atoms with Crippen molar-refractivity contribution in [1.82, 2.24) is 0 Å². The molecule has 7 nitrogen and oxygen atoms in total. The van der Waals surface area contributed by atoms with Gasteiger partial charge >= 0.3 is 5.97 Å². The van der Waals surface area contributed by atoms with Crippen LogP contribution < -0.4 is 9.04 Å². The van der Waals surface area contributed by atoms with Gasteiger partial charge in [-0.2, -0.15) is 8.42 Å². The Balaban J connectivity index is 1.95. The SMILES string of the molecule is CC(C)CN(c1cc(Cl)ccc1OCc1ccc(C(=O)O)cc1)S(=O)(=O)c1ccco1. The Bertz CT molecular complexity index is 1140. The average Bonchev–Trinajstić information content (AvgIpc) is 3.27. The lowest BCUT2D eigenvalue weighted by atomic mass is 10.1. The number of rotatable bonds is 9. The van der Waals surface area contributed by atoms with E-state index in [0.717, 1.165) is 5.56 Å². The molecule has 0 amide bonds. The fourth-order valence-electron chi connectivity index (χ4n) is 2.89. The van der Waals surface area contributed by atoms with Gasteiger partial charge in [0.2, 0.25) is 5.09 Å². The van der Waals surface area contributed by atoms with Crippen molar-refractivity contribution in [1.29, 1.82) is 0 Å². The summed E-state index contributed by atoms with van der Waals surface area (Å²) in [6, 6.07) is 13.9. The number of carboxylic acid groups (broad SMARTS) is 1. The standard InChI is InChI=1S/C22H22ClNO6S/c1-15(2)13-24(31(27,28)21-4-3-11-29-21)19-12-18(23)9-10-20(19)30-14-16-5-7-17(8-6-16)22(25)26/h3-12,15H,13-14H2,1-2H3,(H,25,26). The number of nitrogens with zero attached hydrogens (tertiary/aromatic N) is 1. The van der Waals surface area contributed by atoms with Crippen LogP contribution in [0, 0.1) is 5.92 Å². The zero-order chi connectivity index (χ0) is 22.6. The maximum absolute atomic E-state index is 13.2. The predicted molar refractivity (Wildman–Crippen MR) is 117 cm³/mol. The van der Waals surface area contributed by atoms with E-state index in [4.69, 9.17) is 25.9 Å². The van der Waals surface area contributed by atoms with Crippen LogP contribution >= 0.6 is 11.6 Å². The number of sulfonamides is 1. The van der Waals surface area contributed by atoms with Crippen LogP contribution in [-0.2, 0) is 16.6 Å². The van der Waals surface area contributed by atoms with Crippen molar-refractivity contribution in [3.8, 4) is 5.75 Å². The highest BCUT2D eigenvalue weighted by Crippen LogP contribution is 2.36. The molecule has 3 aromatic rings. The van der Waals surface area contributed by atoms with Gasteiger partial charge in [-0.3, -0.25) is 4.31 Å². The minimum Gasteiger partial charge on any atom is -0.487 e. The molecule has 0 saturated heterocycles. The van der Waals surface area contributed by atoms with Crippen molar-refractivity contribution >= 4 is 33.3 Å². The van der Waals surface area contributed by atoms with Crippen LogP contribution in [0.3, 0.4) is 0 Å². The molecule has 0 aliphatic rings. The lowest BCUT2D eigenvalue weighted by molar-refractivity contribution is 0.0697. The summed E-state index contributed by atoms with van der Waals surface area (Å²) in [7, 11) is -3.98. The number of aromatic carboxylic acids is 1. The molecule has 0 saturated carbocycles. The maximum Gasteiger partial charge on any atom is 0.335 e. The second kappa shape index (κ2) is 9.45. The Labute approximate surface area is 185 Å². The zero-order valence-electron chi connectivity index (χ0n) is 17.0. The molecule has 0 bridgehead atoms. The van der Waals surface area contributed by atoms with Crippen molar-refractivity contribution in [2.24, 2.45) is 5.92 Å². The number of halogens is 1. The number of furan rings is 1. The van der Waals surface area contributed by atoms with E-state index in [1.54, 1.807) is 24.3 Å². The molecule has 31 heavy (non-hydrogen) atoms. The van der Waals surface area contributed by atoms with E-state index in [-0.39, 0.29) is 29.7 Å². The molecular weight excluding hydrogens is 442 g/mol. The van der Waals surface area contributed by atoms with Crippen molar-refractivity contribution < 1.29 is 27.5 Å². The van der Waals surface area contributed by atoms with Crippen LogP contribution in [0.5, 0.6) is 5.75 Å². The normalized spacial score (nSPS) is 11.5. The maximum atomic E-state index is 13.2. The molecule has 0 fully saturated rings. The molecule has 2 aromatic carbocycles. The van der Waals surface area contributed by atoms with Gasteiger partial charge in [0.1, 0.15) is 12.4 Å². The van der Waals surface area contributed by atoms with Gasteiger partial charge in [0, 0.05) is 11.6 Å². The van der Waals surface area contributed by atoms with Crippen molar-refractivity contribution in [3.63, 3.8) is 0 Å². The molecule has 0 aliphatic carbocycles. The summed E-state index contributed by atoms with van der Waals surface area (Å²) in [6.45, 7) is 4.11. The Morgan fingerprint density at radius 2 is 1.87 bits per heavy atom. The van der Waals surface area contributed by atoms with Gasteiger partial charge in [-0.15, -0.1) is 0 Å². The Morgan fingerprint density at radius 1 is 1.16 bits per heavy atom. The largest absolute Gasteiger partial charge is 0.487 e. The first kappa shape index (κ1) is 22.7. The van der Waals surface area contributed by atoms with Gasteiger partial charge in [0.05, 0.1) is 17.5 Å². The molecule has 9 heteroatoms. The summed E-state index contributed by atoms with van der Waals surface area (Å²) in [5, 5.41) is 9.20. The first-order valence-corrected chi connectivity index (χ1v) is 11.3. The summed E-state index contributed by atoms with van der Waals surface area (Å²) in [6.07, 6.45) is 1.30. The van der Waals surface area contributed by atoms with E-state index in [9.17, 15) is 13.2 Å². The lowest BCUT2D eigenvalue weighted by Crippen LogP contribution is -2.34. The van der Waals surface area contributed by atoms with Gasteiger partial charge in [0.15, 0.2) is 0 Å². The molecule has 0 atom stereocenters. The van der Waals surface area contributed by atoms with Crippen LogP contribution in [0.1, 0.15) is 29.8 Å². The minimum atomic E-state index is -3.98. The Hall–Kier alpha value is -2.97. The molecule has 3 rings (SSSR count). The molecule has 164 valence electrons. The number of hydrogen-bond acceptors (Lipinski definition) is 5. The lowest BCUT2D eigenvalue weighted by Gasteiger charge is -2.27. The van der Waals surface area contributed by atoms with Crippen LogP contribution in [0.25, 0.3) is 0 Å². The van der Waals surface area contributed by atoms with E-state index in [2.05, 4.69) is 0 Å². The van der Waals surface area contributed by atoms with E-state index in [1.165, 1.54) is 40.9 Å². The van der Waals surface area contributed by atoms with Crippen LogP contribution in [-0.4, -0.2) is 26.0 Å². The quantitative estimate of drug-likeness (QED) is 0.476. The zero-order valence-corrected chi connectivity index (χ0v) is 18.6. The summed E-state index contributed by atoms with van der Waals surface area (Å²) in [5.74, 6) is -0.678. The number of carbonyl (C=O) groups is 1. The number of anilines is 1. The van der Waals surface area contributed by atoms with Crippen molar-refractivity contribution in [3.05, 3.63) is 77.0 Å². The highest BCUT2D eigenvalue weighted by atomic mass is 35.5. The summed E-state index contributed by atoms with van der Waals surface area (Å²) >= 11 is 6.18. The van der Waals surface area contributed by atoms with Crippen molar-refractivity contribution in [2.75, 3.05) is 10.8 Å². The topological polar surface area (TPSA) is 97.0 Å². The van der Waals surface area contributed by atoms with Gasteiger partial charge in [-0.25, -0.2) is 4.79 Å². The molecule has 0 radical (unpaired) electrons. The second-order valence-electron chi connectivity index (χ2n) is 7.26. The smallest absolute Gasteiger partial charge is 0.335 e.